The molecular weight excluding hydrogens is 584 g/mol. The van der Waals surface area contributed by atoms with Crippen LogP contribution in [0.5, 0.6) is 0 Å². The smallest absolute Gasteiger partial charge is 0.275 e. The van der Waals surface area contributed by atoms with Crippen molar-refractivity contribution in [1.29, 1.82) is 0 Å². The predicted molar refractivity (Wildman–Crippen MR) is 175 cm³/mol. The molecule has 0 radical (unpaired) electrons. The second kappa shape index (κ2) is 14.3. The number of benzene rings is 2. The Morgan fingerprint density at radius 2 is 1.70 bits per heavy atom. The summed E-state index contributed by atoms with van der Waals surface area (Å²) >= 11 is 0. The van der Waals surface area contributed by atoms with Gasteiger partial charge in [0.15, 0.2) is 0 Å². The molecule has 3 aromatic rings. The van der Waals surface area contributed by atoms with Crippen LogP contribution in [0.15, 0.2) is 53.3 Å². The van der Waals surface area contributed by atoms with E-state index in [-0.39, 0.29) is 49.5 Å². The standard InChI is InChI=1S/C35H44N6O5/c1-24(2)16-20-40-21-30(42)37-35(17-10-12-26-11-4-7-15-29(26)35)34(46)36-18-8-9-19-39(22-31(40)43)32(44)23-41-33(45)28-14-6-5-13-27(28)25(3)38-41/h4-7,11,13-15,24H,8-10,12,16-23H2,1-3H3,(H,36,46)(H,37,42). The van der Waals surface area contributed by atoms with E-state index in [2.05, 4.69) is 15.7 Å². The number of fused-ring (bicyclic) bond motifs is 3. The van der Waals surface area contributed by atoms with Crippen LogP contribution in [0.25, 0.3) is 10.8 Å². The number of amides is 4. The number of hydrogen-bond acceptors (Lipinski definition) is 6. The van der Waals surface area contributed by atoms with Crippen molar-refractivity contribution in [3.63, 3.8) is 0 Å². The molecule has 1 saturated heterocycles. The van der Waals surface area contributed by atoms with Crippen LogP contribution in [0.2, 0.25) is 0 Å². The van der Waals surface area contributed by atoms with E-state index in [1.54, 1.807) is 19.1 Å². The van der Waals surface area contributed by atoms with Gasteiger partial charge in [-0.2, -0.15) is 5.10 Å². The Bertz CT molecular complexity index is 1680. The van der Waals surface area contributed by atoms with Gasteiger partial charge < -0.3 is 20.4 Å². The Labute approximate surface area is 269 Å². The van der Waals surface area contributed by atoms with E-state index >= 15 is 0 Å². The molecule has 0 saturated carbocycles. The number of rotatable bonds is 5. The summed E-state index contributed by atoms with van der Waals surface area (Å²) in [5, 5.41) is 11.7. The second-order valence-corrected chi connectivity index (χ2v) is 12.8. The maximum Gasteiger partial charge on any atom is 0.275 e. The van der Waals surface area contributed by atoms with E-state index in [1.165, 1.54) is 9.80 Å². The first-order chi connectivity index (χ1) is 22.1. The van der Waals surface area contributed by atoms with E-state index in [4.69, 9.17) is 0 Å². The van der Waals surface area contributed by atoms with Gasteiger partial charge in [0.05, 0.1) is 24.2 Å². The molecule has 0 bridgehead atoms. The second-order valence-electron chi connectivity index (χ2n) is 12.8. The van der Waals surface area contributed by atoms with Crippen LogP contribution >= 0.6 is 0 Å². The lowest BCUT2D eigenvalue weighted by molar-refractivity contribution is -0.144. The number of aromatic nitrogens is 2. The van der Waals surface area contributed by atoms with E-state index in [1.807, 2.05) is 50.2 Å². The molecule has 2 aromatic carbocycles. The largest absolute Gasteiger partial charge is 0.354 e. The van der Waals surface area contributed by atoms with Crippen LogP contribution in [-0.4, -0.2) is 75.9 Å². The lowest BCUT2D eigenvalue weighted by atomic mass is 9.75. The SMILES string of the molecule is Cc1nn(CC(=O)N2CCCCNC(=O)C3(CCCc4ccccc43)NC(=O)CN(CCC(C)C)C(=O)C2)c(=O)c2ccccc12. The van der Waals surface area contributed by atoms with Crippen molar-refractivity contribution >= 4 is 34.4 Å². The molecule has 2 heterocycles. The van der Waals surface area contributed by atoms with Crippen LogP contribution in [0.4, 0.5) is 0 Å². The Kier molecular flexibility index (Phi) is 10.2. The lowest BCUT2D eigenvalue weighted by Crippen LogP contribution is -2.60. The van der Waals surface area contributed by atoms with Crippen molar-refractivity contribution in [2.45, 2.75) is 71.4 Å². The minimum Gasteiger partial charge on any atom is -0.354 e. The molecule has 1 aliphatic heterocycles. The summed E-state index contributed by atoms with van der Waals surface area (Å²) < 4.78 is 1.15. The van der Waals surface area contributed by atoms with Gasteiger partial charge in [-0.05, 0) is 68.6 Å². The van der Waals surface area contributed by atoms with Gasteiger partial charge in [-0.25, -0.2) is 4.68 Å². The Balaban J connectivity index is 1.41. The number of nitrogens with one attached hydrogen (secondary N) is 2. The summed E-state index contributed by atoms with van der Waals surface area (Å²) in [4.78, 5) is 71.1. The topological polar surface area (TPSA) is 134 Å². The van der Waals surface area contributed by atoms with Crippen molar-refractivity contribution in [3.8, 4) is 0 Å². The molecule has 1 aromatic heterocycles. The predicted octanol–water partition coefficient (Wildman–Crippen LogP) is 2.67. The third-order valence-electron chi connectivity index (χ3n) is 9.04. The highest BCUT2D eigenvalue weighted by Crippen LogP contribution is 2.36. The van der Waals surface area contributed by atoms with E-state index in [9.17, 15) is 24.0 Å². The van der Waals surface area contributed by atoms with E-state index < -0.39 is 17.4 Å². The summed E-state index contributed by atoms with van der Waals surface area (Å²) in [6.07, 6.45) is 3.78. The monoisotopic (exact) mass is 628 g/mol. The van der Waals surface area contributed by atoms with Crippen LogP contribution in [0.3, 0.4) is 0 Å². The lowest BCUT2D eigenvalue weighted by Gasteiger charge is -2.39. The third-order valence-corrected chi connectivity index (χ3v) is 9.04. The highest BCUT2D eigenvalue weighted by atomic mass is 16.2. The van der Waals surface area contributed by atoms with E-state index in [0.29, 0.717) is 49.9 Å². The average molecular weight is 629 g/mol. The van der Waals surface area contributed by atoms with Crippen LogP contribution in [0.1, 0.15) is 62.8 Å². The van der Waals surface area contributed by atoms with Crippen LogP contribution < -0.4 is 16.2 Å². The molecule has 1 aliphatic carbocycles. The third kappa shape index (κ3) is 7.13. The molecule has 2 aliphatic rings. The van der Waals surface area contributed by atoms with Gasteiger partial charge in [0, 0.05) is 25.0 Å². The van der Waals surface area contributed by atoms with Gasteiger partial charge in [0.1, 0.15) is 12.1 Å². The van der Waals surface area contributed by atoms with Crippen molar-refractivity contribution in [2.75, 3.05) is 32.7 Å². The molecule has 46 heavy (non-hydrogen) atoms. The minimum absolute atomic E-state index is 0.230. The fourth-order valence-corrected chi connectivity index (χ4v) is 6.49. The fourth-order valence-electron chi connectivity index (χ4n) is 6.49. The van der Waals surface area contributed by atoms with Gasteiger partial charge in [0.25, 0.3) is 5.56 Å². The molecule has 11 nitrogen and oxygen atoms in total. The van der Waals surface area contributed by atoms with Gasteiger partial charge >= 0.3 is 0 Å². The summed E-state index contributed by atoms with van der Waals surface area (Å²) in [5.74, 6) is -1.20. The summed E-state index contributed by atoms with van der Waals surface area (Å²) in [6.45, 7) is 6.01. The molecule has 1 unspecified atom stereocenters. The minimum atomic E-state index is -1.22. The first-order valence-corrected chi connectivity index (χ1v) is 16.3. The Morgan fingerprint density at radius 1 is 0.957 bits per heavy atom. The van der Waals surface area contributed by atoms with Crippen molar-refractivity contribution in [1.82, 2.24) is 30.2 Å². The number of carbonyl (C=O) groups is 4. The molecule has 2 N–H and O–H groups in total. The summed E-state index contributed by atoms with van der Waals surface area (Å²) in [7, 11) is 0. The molecule has 5 rings (SSSR count). The van der Waals surface area contributed by atoms with Gasteiger partial charge in [-0.15, -0.1) is 0 Å². The Morgan fingerprint density at radius 3 is 2.48 bits per heavy atom. The fraction of sp³-hybridized carbons (Fsp3) is 0.486. The maximum atomic E-state index is 13.8. The summed E-state index contributed by atoms with van der Waals surface area (Å²) in [5.41, 5.74) is 0.855. The molecule has 244 valence electrons. The van der Waals surface area contributed by atoms with Crippen molar-refractivity contribution in [2.24, 2.45) is 5.92 Å². The molecule has 4 amide bonds. The number of carbonyl (C=O) groups excluding carboxylic acids is 4. The summed E-state index contributed by atoms with van der Waals surface area (Å²) in [6, 6.07) is 14.8. The maximum absolute atomic E-state index is 13.8. The first-order valence-electron chi connectivity index (χ1n) is 16.3. The zero-order valence-corrected chi connectivity index (χ0v) is 27.0. The number of nitrogens with zero attached hydrogens (tertiary/aromatic N) is 4. The molecular formula is C35H44N6O5. The highest BCUT2D eigenvalue weighted by molar-refractivity contribution is 5.95. The van der Waals surface area contributed by atoms with Crippen molar-refractivity contribution < 1.29 is 19.2 Å². The van der Waals surface area contributed by atoms with Gasteiger partial charge in [-0.3, -0.25) is 24.0 Å². The van der Waals surface area contributed by atoms with E-state index in [0.717, 1.165) is 34.0 Å². The molecule has 11 heteroatoms. The number of aryl methyl sites for hydroxylation is 2. The zero-order chi connectivity index (χ0) is 32.8. The zero-order valence-electron chi connectivity index (χ0n) is 27.0. The van der Waals surface area contributed by atoms with Crippen molar-refractivity contribution in [3.05, 3.63) is 75.7 Å². The Hall–Kier alpha value is -4.54. The van der Waals surface area contributed by atoms with Gasteiger partial charge in [0.2, 0.25) is 23.6 Å². The quantitative estimate of drug-likeness (QED) is 0.447. The highest BCUT2D eigenvalue weighted by Gasteiger charge is 2.44. The molecule has 1 atom stereocenters. The van der Waals surface area contributed by atoms with Crippen LogP contribution in [-0.2, 0) is 37.7 Å². The first kappa shape index (κ1) is 32.8. The number of hydrogen-bond donors (Lipinski definition) is 2. The normalized spacial score (nSPS) is 20.0. The molecule has 1 fully saturated rings. The van der Waals surface area contributed by atoms with Crippen LogP contribution in [0, 0.1) is 12.8 Å². The van der Waals surface area contributed by atoms with Gasteiger partial charge in [-0.1, -0.05) is 56.3 Å². The molecule has 1 spiro atoms. The average Bonchev–Trinajstić information content (AvgIpc) is 3.04.